The Morgan fingerprint density at radius 2 is 1.02 bits per heavy atom. The molecule has 3 heterocycles. The highest BCUT2D eigenvalue weighted by Crippen LogP contribution is 2.43. The van der Waals surface area contributed by atoms with E-state index in [9.17, 15) is 0 Å². The second-order valence-corrected chi connectivity index (χ2v) is 11.9. The number of thiophene rings is 1. The molecule has 4 nitrogen and oxygen atoms in total. The molecule has 0 unspecified atom stereocenters. The fraction of sp³-hybridized carbons (Fsp3) is 0. The van der Waals surface area contributed by atoms with E-state index in [0.29, 0.717) is 17.5 Å². The highest BCUT2D eigenvalue weighted by atomic mass is 32.1. The van der Waals surface area contributed by atoms with Gasteiger partial charge < -0.3 is 4.57 Å². The van der Waals surface area contributed by atoms with Crippen LogP contribution in [0.1, 0.15) is 0 Å². The van der Waals surface area contributed by atoms with Gasteiger partial charge in [0.05, 0.1) is 11.0 Å². The lowest BCUT2D eigenvalue weighted by Gasteiger charge is -2.09. The number of para-hydroxylation sites is 2. The summed E-state index contributed by atoms with van der Waals surface area (Å²) in [7, 11) is 0. The second kappa shape index (κ2) is 9.97. The van der Waals surface area contributed by atoms with E-state index in [2.05, 4.69) is 89.5 Å². The fourth-order valence-corrected chi connectivity index (χ4v) is 7.45. The van der Waals surface area contributed by atoms with Gasteiger partial charge in [0.25, 0.3) is 0 Å². The molecule has 0 aliphatic heterocycles. The van der Waals surface area contributed by atoms with Gasteiger partial charge in [-0.1, -0.05) is 109 Å². The van der Waals surface area contributed by atoms with E-state index in [0.717, 1.165) is 22.4 Å². The topological polar surface area (TPSA) is 43.6 Å². The number of fused-ring (bicyclic) bond motifs is 6. The van der Waals surface area contributed by atoms with Crippen LogP contribution in [0.25, 0.3) is 81.8 Å². The third-order valence-corrected chi connectivity index (χ3v) is 9.45. The second-order valence-electron chi connectivity index (χ2n) is 10.9. The number of hydrogen-bond donors (Lipinski definition) is 0. The molecule has 0 radical (unpaired) electrons. The first-order valence-corrected chi connectivity index (χ1v) is 15.4. The van der Waals surface area contributed by atoms with Gasteiger partial charge in [-0.3, -0.25) is 0 Å². The van der Waals surface area contributed by atoms with Gasteiger partial charge in [0, 0.05) is 53.3 Å². The first kappa shape index (κ1) is 24.9. The van der Waals surface area contributed by atoms with Crippen molar-refractivity contribution in [1.29, 1.82) is 0 Å². The predicted molar refractivity (Wildman–Crippen MR) is 183 cm³/mol. The molecule has 5 heteroatoms. The van der Waals surface area contributed by atoms with Gasteiger partial charge in [0.15, 0.2) is 17.5 Å². The Labute approximate surface area is 257 Å². The minimum atomic E-state index is 0.668. The summed E-state index contributed by atoms with van der Waals surface area (Å²) in [5.74, 6) is 2.02. The number of hydrogen-bond acceptors (Lipinski definition) is 4. The van der Waals surface area contributed by atoms with E-state index in [1.54, 1.807) is 11.3 Å². The summed E-state index contributed by atoms with van der Waals surface area (Å²) >= 11 is 1.80. The average molecular weight is 581 g/mol. The number of rotatable bonds is 4. The van der Waals surface area contributed by atoms with Crippen LogP contribution in [0.15, 0.2) is 146 Å². The third kappa shape index (κ3) is 3.94. The van der Waals surface area contributed by atoms with Crippen LogP contribution in [0.3, 0.4) is 0 Å². The normalized spacial score (nSPS) is 11.6. The third-order valence-electron chi connectivity index (χ3n) is 8.25. The summed E-state index contributed by atoms with van der Waals surface area (Å²) in [5, 5.41) is 4.96. The molecule has 0 saturated carbocycles. The molecule has 0 atom stereocenters. The zero-order valence-electron chi connectivity index (χ0n) is 23.6. The van der Waals surface area contributed by atoms with E-state index in [1.165, 1.54) is 42.0 Å². The molecule has 0 aliphatic carbocycles. The van der Waals surface area contributed by atoms with E-state index in [-0.39, 0.29) is 0 Å². The summed E-state index contributed by atoms with van der Waals surface area (Å²) in [6.45, 7) is 0. The van der Waals surface area contributed by atoms with E-state index >= 15 is 0 Å². The van der Waals surface area contributed by atoms with Crippen molar-refractivity contribution in [2.45, 2.75) is 0 Å². The quantitative estimate of drug-likeness (QED) is 0.208. The molecule has 0 saturated heterocycles. The van der Waals surface area contributed by atoms with Gasteiger partial charge in [-0.2, -0.15) is 0 Å². The zero-order chi connectivity index (χ0) is 29.0. The minimum Gasteiger partial charge on any atom is -0.309 e. The largest absolute Gasteiger partial charge is 0.309 e. The van der Waals surface area contributed by atoms with Crippen molar-refractivity contribution in [1.82, 2.24) is 19.5 Å². The standard InChI is InChI=1S/C39H24N4S/c1-4-13-25(14-5-1)37-40-38(26-15-6-2-7-16-26)42-39(41-37)30-21-12-20-29-32-23-31-28-19-10-11-22-33(28)43(27-17-8-3-9-18-27)34(31)24-35(32)44-36(29)30/h1-24H. The Morgan fingerprint density at radius 3 is 1.73 bits per heavy atom. The lowest BCUT2D eigenvalue weighted by Crippen LogP contribution is -2.00. The Bertz CT molecular complexity index is 2420. The maximum atomic E-state index is 5.04. The van der Waals surface area contributed by atoms with E-state index < -0.39 is 0 Å². The van der Waals surface area contributed by atoms with E-state index in [1.807, 2.05) is 60.7 Å². The van der Waals surface area contributed by atoms with Crippen molar-refractivity contribution in [3.63, 3.8) is 0 Å². The molecular weight excluding hydrogens is 557 g/mol. The molecule has 0 aliphatic rings. The zero-order valence-corrected chi connectivity index (χ0v) is 24.4. The van der Waals surface area contributed by atoms with Crippen LogP contribution in [-0.2, 0) is 0 Å². The average Bonchev–Trinajstić information content (AvgIpc) is 3.63. The van der Waals surface area contributed by atoms with Crippen molar-refractivity contribution in [3.8, 4) is 39.9 Å². The van der Waals surface area contributed by atoms with Crippen LogP contribution < -0.4 is 0 Å². The molecule has 3 aromatic heterocycles. The van der Waals surface area contributed by atoms with Gasteiger partial charge in [-0.25, -0.2) is 15.0 Å². The van der Waals surface area contributed by atoms with Crippen molar-refractivity contribution in [2.75, 3.05) is 0 Å². The molecule has 0 spiro atoms. The van der Waals surface area contributed by atoms with Crippen molar-refractivity contribution < 1.29 is 0 Å². The number of nitrogens with zero attached hydrogens (tertiary/aromatic N) is 4. The Hall–Kier alpha value is -5.65. The summed E-state index contributed by atoms with van der Waals surface area (Å²) < 4.78 is 4.79. The van der Waals surface area contributed by atoms with Crippen LogP contribution >= 0.6 is 11.3 Å². The maximum absolute atomic E-state index is 5.04. The van der Waals surface area contributed by atoms with Crippen LogP contribution in [0.5, 0.6) is 0 Å². The molecule has 9 aromatic rings. The molecular formula is C39H24N4S. The van der Waals surface area contributed by atoms with Crippen LogP contribution in [0.2, 0.25) is 0 Å². The van der Waals surface area contributed by atoms with Gasteiger partial charge in [-0.15, -0.1) is 11.3 Å². The Morgan fingerprint density at radius 1 is 0.432 bits per heavy atom. The van der Waals surface area contributed by atoms with Gasteiger partial charge in [0.2, 0.25) is 0 Å². The van der Waals surface area contributed by atoms with E-state index in [4.69, 9.17) is 15.0 Å². The summed E-state index contributed by atoms with van der Waals surface area (Å²) in [5.41, 5.74) is 6.52. The highest BCUT2D eigenvalue weighted by Gasteiger charge is 2.19. The molecule has 44 heavy (non-hydrogen) atoms. The first-order chi connectivity index (χ1) is 21.8. The lowest BCUT2D eigenvalue weighted by atomic mass is 10.1. The lowest BCUT2D eigenvalue weighted by molar-refractivity contribution is 1.08. The van der Waals surface area contributed by atoms with Crippen LogP contribution in [0.4, 0.5) is 0 Å². The highest BCUT2D eigenvalue weighted by molar-refractivity contribution is 7.26. The number of aromatic nitrogens is 4. The smallest absolute Gasteiger partial charge is 0.165 e. The maximum Gasteiger partial charge on any atom is 0.165 e. The number of benzene rings is 6. The summed E-state index contributed by atoms with van der Waals surface area (Å²) in [4.78, 5) is 15.0. The van der Waals surface area contributed by atoms with Crippen molar-refractivity contribution in [2.24, 2.45) is 0 Å². The molecule has 0 amide bonds. The first-order valence-electron chi connectivity index (χ1n) is 14.6. The van der Waals surface area contributed by atoms with Crippen molar-refractivity contribution >= 4 is 53.3 Å². The Kier molecular flexibility index (Phi) is 5.64. The van der Waals surface area contributed by atoms with Crippen molar-refractivity contribution in [3.05, 3.63) is 146 Å². The van der Waals surface area contributed by atoms with Gasteiger partial charge in [0.1, 0.15) is 0 Å². The molecule has 206 valence electrons. The monoisotopic (exact) mass is 580 g/mol. The predicted octanol–water partition coefficient (Wildman–Crippen LogP) is 10.3. The van der Waals surface area contributed by atoms with Gasteiger partial charge in [-0.05, 0) is 36.4 Å². The molecule has 6 aromatic carbocycles. The fourth-order valence-electron chi connectivity index (χ4n) is 6.22. The van der Waals surface area contributed by atoms with Crippen LogP contribution in [0, 0.1) is 0 Å². The Balaban J connectivity index is 1.31. The molecule has 0 fully saturated rings. The van der Waals surface area contributed by atoms with Crippen LogP contribution in [-0.4, -0.2) is 19.5 Å². The summed E-state index contributed by atoms with van der Waals surface area (Å²) in [6.07, 6.45) is 0. The molecule has 9 rings (SSSR count). The molecule has 0 bridgehead atoms. The summed E-state index contributed by atoms with van der Waals surface area (Å²) in [6, 6.07) is 50.8. The molecule has 0 N–H and O–H groups in total. The SMILES string of the molecule is c1ccc(-c2nc(-c3ccccc3)nc(-c3cccc4c3sc3cc5c(cc34)c3ccccc3n5-c3ccccc3)n2)cc1. The minimum absolute atomic E-state index is 0.668. The van der Waals surface area contributed by atoms with Gasteiger partial charge >= 0.3 is 0 Å².